The van der Waals surface area contributed by atoms with E-state index in [1.54, 1.807) is 24.3 Å². The topological polar surface area (TPSA) is 94.8 Å². The molecule has 2 unspecified atom stereocenters. The second kappa shape index (κ2) is 6.81. The quantitative estimate of drug-likeness (QED) is 0.709. The van der Waals surface area contributed by atoms with Crippen LogP contribution in [0.25, 0.3) is 0 Å². The molecule has 0 aliphatic heterocycles. The molecule has 1 saturated carbocycles. The number of rotatable bonds is 7. The maximum Gasteiger partial charge on any atom is 0.314 e. The van der Waals surface area contributed by atoms with Crippen LogP contribution in [-0.2, 0) is 15.0 Å². The Morgan fingerprint density at radius 3 is 2.55 bits per heavy atom. The molecule has 0 spiro atoms. The second-order valence-electron chi connectivity index (χ2n) is 5.65. The van der Waals surface area contributed by atoms with Gasteiger partial charge in [0.2, 0.25) is 0 Å². The van der Waals surface area contributed by atoms with E-state index in [0.717, 1.165) is 11.8 Å². The highest BCUT2D eigenvalue weighted by Gasteiger charge is 2.51. The molecule has 1 aromatic carbocycles. The highest BCUT2D eigenvalue weighted by molar-refractivity contribution is 8.13. The van der Waals surface area contributed by atoms with Crippen LogP contribution in [0.2, 0.25) is 0 Å². The summed E-state index contributed by atoms with van der Waals surface area (Å²) in [7, 11) is 0. The number of hydrogen-bond acceptors (Lipinski definition) is 5. The van der Waals surface area contributed by atoms with Crippen molar-refractivity contribution in [2.75, 3.05) is 5.75 Å². The Bertz CT molecular complexity index is 567. The normalized spacial score (nSPS) is 18.5. The lowest BCUT2D eigenvalue weighted by Crippen LogP contribution is -2.22. The molecule has 0 saturated heterocycles. The van der Waals surface area contributed by atoms with Crippen molar-refractivity contribution in [1.82, 2.24) is 0 Å². The van der Waals surface area contributed by atoms with Gasteiger partial charge in [0, 0.05) is 12.7 Å². The molecule has 1 aliphatic rings. The van der Waals surface area contributed by atoms with Crippen LogP contribution in [0.5, 0.6) is 0 Å². The van der Waals surface area contributed by atoms with Gasteiger partial charge in [0.05, 0.1) is 11.5 Å². The van der Waals surface area contributed by atoms with Gasteiger partial charge < -0.3 is 15.3 Å². The lowest BCUT2D eigenvalue weighted by molar-refractivity contribution is -0.140. The number of benzene rings is 1. The van der Waals surface area contributed by atoms with Gasteiger partial charge in [-0.3, -0.25) is 9.59 Å². The lowest BCUT2D eigenvalue weighted by atomic mass is 9.92. The van der Waals surface area contributed by atoms with E-state index in [-0.39, 0.29) is 5.12 Å². The van der Waals surface area contributed by atoms with Crippen LogP contribution in [-0.4, -0.2) is 38.3 Å². The first kappa shape index (κ1) is 17.0. The summed E-state index contributed by atoms with van der Waals surface area (Å²) in [6.07, 6.45) is -0.585. The van der Waals surface area contributed by atoms with E-state index in [0.29, 0.717) is 36.1 Å². The molecule has 22 heavy (non-hydrogen) atoms. The van der Waals surface area contributed by atoms with Crippen molar-refractivity contribution in [3.63, 3.8) is 0 Å². The minimum atomic E-state index is -1.09. The molecular weight excluding hydrogens is 304 g/mol. The molecule has 6 heteroatoms. The zero-order chi connectivity index (χ0) is 16.3. The van der Waals surface area contributed by atoms with Crippen molar-refractivity contribution >= 4 is 22.8 Å². The number of aliphatic carboxylic acids is 1. The summed E-state index contributed by atoms with van der Waals surface area (Å²) in [6.45, 7) is 1.46. The molecule has 3 N–H and O–H groups in total. The van der Waals surface area contributed by atoms with E-state index in [2.05, 4.69) is 0 Å². The van der Waals surface area contributed by atoms with Gasteiger partial charge in [0.1, 0.15) is 6.10 Å². The lowest BCUT2D eigenvalue weighted by Gasteiger charge is -2.19. The Morgan fingerprint density at radius 2 is 2.00 bits per heavy atom. The number of carbonyl (C=O) groups is 2. The number of carbonyl (C=O) groups excluding carboxylic acids is 1. The van der Waals surface area contributed by atoms with Crippen LogP contribution >= 0.6 is 11.8 Å². The Labute approximate surface area is 133 Å². The first-order valence-electron chi connectivity index (χ1n) is 7.20. The van der Waals surface area contributed by atoms with E-state index in [4.69, 9.17) is 0 Å². The minimum absolute atomic E-state index is 0.0270. The predicted octanol–water partition coefficient (Wildman–Crippen LogP) is 1.87. The standard InChI is InChI=1S/C16H20O5S/c1-10(17)22-8-5-13(18)14(19)11-3-2-4-12(9-11)16(6-7-16)15(20)21/h2-4,9,13-14,18-19H,5-8H2,1H3,(H,20,21). The van der Waals surface area contributed by atoms with Gasteiger partial charge in [0.25, 0.3) is 0 Å². The summed E-state index contributed by atoms with van der Waals surface area (Å²) in [5.41, 5.74) is 0.345. The van der Waals surface area contributed by atoms with Gasteiger partial charge in [0.15, 0.2) is 5.12 Å². The predicted molar refractivity (Wildman–Crippen MR) is 83.7 cm³/mol. The fraction of sp³-hybridized carbons (Fsp3) is 0.500. The van der Waals surface area contributed by atoms with Gasteiger partial charge in [-0.1, -0.05) is 36.0 Å². The summed E-state index contributed by atoms with van der Waals surface area (Å²) < 4.78 is 0. The van der Waals surface area contributed by atoms with E-state index in [1.165, 1.54) is 6.92 Å². The maximum absolute atomic E-state index is 11.4. The van der Waals surface area contributed by atoms with Crippen LogP contribution in [0.3, 0.4) is 0 Å². The molecule has 0 amide bonds. The molecule has 120 valence electrons. The van der Waals surface area contributed by atoms with Gasteiger partial charge in [-0.15, -0.1) is 0 Å². The Balaban J connectivity index is 2.06. The van der Waals surface area contributed by atoms with Crippen LogP contribution in [0.1, 0.15) is 43.4 Å². The van der Waals surface area contributed by atoms with Crippen molar-refractivity contribution in [1.29, 1.82) is 0 Å². The average Bonchev–Trinajstić information content (AvgIpc) is 3.28. The van der Waals surface area contributed by atoms with Crippen molar-refractivity contribution in [2.45, 2.75) is 43.8 Å². The van der Waals surface area contributed by atoms with E-state index in [1.807, 2.05) is 0 Å². The van der Waals surface area contributed by atoms with E-state index < -0.39 is 23.6 Å². The highest BCUT2D eigenvalue weighted by Crippen LogP contribution is 2.48. The van der Waals surface area contributed by atoms with Gasteiger partial charge in [-0.25, -0.2) is 0 Å². The van der Waals surface area contributed by atoms with E-state index in [9.17, 15) is 24.9 Å². The zero-order valence-corrected chi connectivity index (χ0v) is 13.2. The van der Waals surface area contributed by atoms with Gasteiger partial charge in [-0.2, -0.15) is 0 Å². The maximum atomic E-state index is 11.4. The SMILES string of the molecule is CC(=O)SCCC(O)C(O)c1cccc(C2(C(=O)O)CC2)c1. The molecule has 2 rings (SSSR count). The summed E-state index contributed by atoms with van der Waals surface area (Å²) in [6, 6.07) is 6.78. The number of hydrogen-bond donors (Lipinski definition) is 3. The van der Waals surface area contributed by atoms with E-state index >= 15 is 0 Å². The molecule has 5 nitrogen and oxygen atoms in total. The third-order valence-electron chi connectivity index (χ3n) is 4.02. The third kappa shape index (κ3) is 3.69. The molecular formula is C16H20O5S. The minimum Gasteiger partial charge on any atom is -0.481 e. The first-order valence-corrected chi connectivity index (χ1v) is 8.19. The Morgan fingerprint density at radius 1 is 1.32 bits per heavy atom. The van der Waals surface area contributed by atoms with Gasteiger partial charge >= 0.3 is 5.97 Å². The molecule has 0 aromatic heterocycles. The largest absolute Gasteiger partial charge is 0.481 e. The molecule has 1 aromatic rings. The van der Waals surface area contributed by atoms with Crippen molar-refractivity contribution in [3.8, 4) is 0 Å². The zero-order valence-electron chi connectivity index (χ0n) is 12.4. The second-order valence-corrected chi connectivity index (χ2v) is 6.93. The van der Waals surface area contributed by atoms with Crippen molar-refractivity contribution in [2.24, 2.45) is 0 Å². The monoisotopic (exact) mass is 324 g/mol. The fourth-order valence-corrected chi connectivity index (χ4v) is 3.12. The van der Waals surface area contributed by atoms with Gasteiger partial charge in [-0.05, 0) is 30.4 Å². The number of carboxylic acid groups (broad SMARTS) is 1. The number of aliphatic hydroxyl groups is 2. The highest BCUT2D eigenvalue weighted by atomic mass is 32.2. The van der Waals surface area contributed by atoms with Crippen molar-refractivity contribution < 1.29 is 24.9 Å². The Kier molecular flexibility index (Phi) is 5.26. The smallest absolute Gasteiger partial charge is 0.314 e. The molecule has 1 aliphatic carbocycles. The third-order valence-corrected chi connectivity index (χ3v) is 4.87. The van der Waals surface area contributed by atoms with Crippen LogP contribution in [0.15, 0.2) is 24.3 Å². The first-order chi connectivity index (χ1) is 10.4. The van der Waals surface area contributed by atoms with Crippen LogP contribution < -0.4 is 0 Å². The summed E-state index contributed by atoms with van der Waals surface area (Å²) in [5.74, 6) is -0.413. The number of aliphatic hydroxyl groups excluding tert-OH is 2. The molecule has 0 bridgehead atoms. The van der Waals surface area contributed by atoms with Crippen LogP contribution in [0, 0.1) is 0 Å². The molecule has 0 heterocycles. The average molecular weight is 324 g/mol. The molecule has 1 fully saturated rings. The fourth-order valence-electron chi connectivity index (χ4n) is 2.47. The number of thioether (sulfide) groups is 1. The summed E-state index contributed by atoms with van der Waals surface area (Å²) >= 11 is 1.11. The summed E-state index contributed by atoms with van der Waals surface area (Å²) in [5, 5.41) is 29.5. The van der Waals surface area contributed by atoms with Crippen molar-refractivity contribution in [3.05, 3.63) is 35.4 Å². The Hall–Kier alpha value is -1.37. The number of carboxylic acids is 1. The van der Waals surface area contributed by atoms with Crippen LogP contribution in [0.4, 0.5) is 0 Å². The summed E-state index contributed by atoms with van der Waals surface area (Å²) in [4.78, 5) is 22.2. The molecule has 0 radical (unpaired) electrons. The molecule has 2 atom stereocenters.